The monoisotopic (exact) mass is 217 g/mol. The lowest BCUT2D eigenvalue weighted by Gasteiger charge is -2.16. The van der Waals surface area contributed by atoms with Gasteiger partial charge < -0.3 is 10.5 Å². The highest BCUT2D eigenvalue weighted by Gasteiger charge is 2.17. The second-order valence-electron chi connectivity index (χ2n) is 4.38. The zero-order chi connectivity index (χ0) is 11.4. The summed E-state index contributed by atoms with van der Waals surface area (Å²) in [6.07, 6.45) is 8.03. The van der Waals surface area contributed by atoms with Crippen molar-refractivity contribution in [2.75, 3.05) is 5.73 Å². The molecule has 2 heteroatoms. The molecule has 1 aromatic rings. The van der Waals surface area contributed by atoms with Crippen LogP contribution in [0, 0.1) is 0 Å². The minimum Gasteiger partial charge on any atom is -0.490 e. The fourth-order valence-electron chi connectivity index (χ4n) is 2.22. The summed E-state index contributed by atoms with van der Waals surface area (Å²) < 4.78 is 6.01. The Morgan fingerprint density at radius 3 is 2.81 bits per heavy atom. The molecule has 0 aromatic heterocycles. The van der Waals surface area contributed by atoms with Gasteiger partial charge in [0, 0.05) is 5.69 Å². The summed E-state index contributed by atoms with van der Waals surface area (Å²) in [7, 11) is 0. The van der Waals surface area contributed by atoms with E-state index in [1.54, 1.807) is 0 Å². The normalized spacial score (nSPS) is 16.2. The number of ether oxygens (including phenoxy) is 1. The maximum Gasteiger partial charge on any atom is 0.123 e. The van der Waals surface area contributed by atoms with Crippen LogP contribution in [0.5, 0.6) is 5.75 Å². The first-order valence-electron chi connectivity index (χ1n) is 5.95. The lowest BCUT2D eigenvalue weighted by atomic mass is 10.1. The fraction of sp³-hybridized carbons (Fsp3) is 0.429. The van der Waals surface area contributed by atoms with Gasteiger partial charge in [-0.2, -0.15) is 0 Å². The lowest BCUT2D eigenvalue weighted by Crippen LogP contribution is -2.12. The summed E-state index contributed by atoms with van der Waals surface area (Å²) in [6, 6.07) is 5.86. The molecule has 0 amide bonds. The second-order valence-corrected chi connectivity index (χ2v) is 4.38. The van der Waals surface area contributed by atoms with Crippen LogP contribution in [-0.2, 0) is 6.42 Å². The van der Waals surface area contributed by atoms with Crippen molar-refractivity contribution in [1.82, 2.24) is 0 Å². The number of anilines is 1. The molecular formula is C14H19NO. The summed E-state index contributed by atoms with van der Waals surface area (Å²) >= 11 is 0. The Hall–Kier alpha value is -1.44. The lowest BCUT2D eigenvalue weighted by molar-refractivity contribution is 0.208. The molecule has 2 nitrogen and oxygen atoms in total. The molecule has 1 saturated carbocycles. The molecule has 2 rings (SSSR count). The molecular weight excluding hydrogens is 198 g/mol. The number of allylic oxidation sites excluding steroid dienone is 1. The van der Waals surface area contributed by atoms with Crippen LogP contribution in [0.1, 0.15) is 31.2 Å². The molecule has 1 aromatic carbocycles. The van der Waals surface area contributed by atoms with Crippen LogP contribution in [0.3, 0.4) is 0 Å². The average Bonchev–Trinajstić information content (AvgIpc) is 2.75. The largest absolute Gasteiger partial charge is 0.490 e. The van der Waals surface area contributed by atoms with E-state index < -0.39 is 0 Å². The molecule has 0 saturated heterocycles. The third-order valence-corrected chi connectivity index (χ3v) is 3.04. The molecule has 0 unspecified atom stereocenters. The van der Waals surface area contributed by atoms with Crippen molar-refractivity contribution < 1.29 is 4.74 Å². The van der Waals surface area contributed by atoms with E-state index in [0.29, 0.717) is 6.10 Å². The van der Waals surface area contributed by atoms with Crippen molar-refractivity contribution in [3.8, 4) is 5.75 Å². The van der Waals surface area contributed by atoms with Gasteiger partial charge in [-0.15, -0.1) is 6.58 Å². The van der Waals surface area contributed by atoms with Gasteiger partial charge in [0.05, 0.1) is 6.10 Å². The first-order valence-corrected chi connectivity index (χ1v) is 5.95. The van der Waals surface area contributed by atoms with Crippen molar-refractivity contribution in [1.29, 1.82) is 0 Å². The van der Waals surface area contributed by atoms with Crippen molar-refractivity contribution in [3.63, 3.8) is 0 Å². The molecule has 0 bridgehead atoms. The molecule has 0 heterocycles. The molecule has 1 fully saturated rings. The maximum absolute atomic E-state index is 6.01. The zero-order valence-corrected chi connectivity index (χ0v) is 9.61. The number of benzene rings is 1. The standard InChI is InChI=1S/C14H19NO/c1-2-5-11-10-12(15)8-9-14(11)16-13-6-3-4-7-13/h2,8-10,13H,1,3-7,15H2. The highest BCUT2D eigenvalue weighted by molar-refractivity contribution is 5.48. The Balaban J connectivity index is 2.14. The van der Waals surface area contributed by atoms with E-state index in [0.717, 1.165) is 23.4 Å². The summed E-state index contributed by atoms with van der Waals surface area (Å²) in [5, 5.41) is 0. The Morgan fingerprint density at radius 2 is 2.12 bits per heavy atom. The van der Waals surface area contributed by atoms with Crippen molar-refractivity contribution >= 4 is 5.69 Å². The van der Waals surface area contributed by atoms with Gasteiger partial charge in [-0.3, -0.25) is 0 Å². The van der Waals surface area contributed by atoms with E-state index in [2.05, 4.69) is 6.58 Å². The van der Waals surface area contributed by atoms with Crippen LogP contribution >= 0.6 is 0 Å². The Kier molecular flexibility index (Phi) is 3.50. The van der Waals surface area contributed by atoms with Crippen LogP contribution in [0.15, 0.2) is 30.9 Å². The Morgan fingerprint density at radius 1 is 1.38 bits per heavy atom. The van der Waals surface area contributed by atoms with Crippen LogP contribution in [0.4, 0.5) is 5.69 Å². The van der Waals surface area contributed by atoms with Crippen LogP contribution in [0.2, 0.25) is 0 Å². The topological polar surface area (TPSA) is 35.2 Å². The number of nitrogens with two attached hydrogens (primary N) is 1. The minimum atomic E-state index is 0.396. The van der Waals surface area contributed by atoms with Crippen molar-refractivity contribution in [3.05, 3.63) is 36.4 Å². The maximum atomic E-state index is 6.01. The molecule has 0 spiro atoms. The van der Waals surface area contributed by atoms with E-state index in [-0.39, 0.29) is 0 Å². The number of hydrogen-bond donors (Lipinski definition) is 1. The van der Waals surface area contributed by atoms with Gasteiger partial charge in [0.25, 0.3) is 0 Å². The highest BCUT2D eigenvalue weighted by atomic mass is 16.5. The van der Waals surface area contributed by atoms with Gasteiger partial charge >= 0.3 is 0 Å². The van der Waals surface area contributed by atoms with Crippen LogP contribution in [-0.4, -0.2) is 6.10 Å². The summed E-state index contributed by atoms with van der Waals surface area (Å²) in [4.78, 5) is 0. The predicted molar refractivity (Wildman–Crippen MR) is 67.6 cm³/mol. The Bertz CT molecular complexity index is 367. The van der Waals surface area contributed by atoms with Gasteiger partial charge in [-0.05, 0) is 55.9 Å². The summed E-state index contributed by atoms with van der Waals surface area (Å²) in [6.45, 7) is 3.76. The average molecular weight is 217 g/mol. The van der Waals surface area contributed by atoms with E-state index in [4.69, 9.17) is 10.5 Å². The molecule has 0 aliphatic heterocycles. The summed E-state index contributed by atoms with van der Waals surface area (Å²) in [5.41, 5.74) is 7.70. The van der Waals surface area contributed by atoms with E-state index in [1.807, 2.05) is 24.3 Å². The quantitative estimate of drug-likeness (QED) is 0.620. The highest BCUT2D eigenvalue weighted by Crippen LogP contribution is 2.28. The smallest absolute Gasteiger partial charge is 0.123 e. The molecule has 1 aliphatic rings. The van der Waals surface area contributed by atoms with Gasteiger partial charge in [0.2, 0.25) is 0 Å². The number of hydrogen-bond acceptors (Lipinski definition) is 2. The van der Waals surface area contributed by atoms with Crippen molar-refractivity contribution in [2.45, 2.75) is 38.2 Å². The van der Waals surface area contributed by atoms with Gasteiger partial charge in [0.1, 0.15) is 5.75 Å². The van der Waals surface area contributed by atoms with E-state index in [9.17, 15) is 0 Å². The van der Waals surface area contributed by atoms with Crippen molar-refractivity contribution in [2.24, 2.45) is 0 Å². The van der Waals surface area contributed by atoms with E-state index in [1.165, 1.54) is 25.7 Å². The molecule has 86 valence electrons. The number of rotatable bonds is 4. The molecule has 1 aliphatic carbocycles. The molecule has 0 atom stereocenters. The Labute approximate surface area is 97.1 Å². The predicted octanol–water partition coefficient (Wildman–Crippen LogP) is 3.32. The van der Waals surface area contributed by atoms with Gasteiger partial charge in [-0.1, -0.05) is 6.08 Å². The SMILES string of the molecule is C=CCc1cc(N)ccc1OC1CCCC1. The van der Waals surface area contributed by atoms with Gasteiger partial charge in [-0.25, -0.2) is 0 Å². The van der Waals surface area contributed by atoms with Gasteiger partial charge in [0.15, 0.2) is 0 Å². The van der Waals surface area contributed by atoms with Crippen LogP contribution < -0.4 is 10.5 Å². The molecule has 0 radical (unpaired) electrons. The first-order chi connectivity index (χ1) is 7.79. The zero-order valence-electron chi connectivity index (χ0n) is 9.61. The molecule has 16 heavy (non-hydrogen) atoms. The minimum absolute atomic E-state index is 0.396. The number of nitrogen functional groups attached to an aromatic ring is 1. The second kappa shape index (κ2) is 5.06. The van der Waals surface area contributed by atoms with Crippen LogP contribution in [0.25, 0.3) is 0 Å². The summed E-state index contributed by atoms with van der Waals surface area (Å²) in [5.74, 6) is 0.973. The van der Waals surface area contributed by atoms with E-state index >= 15 is 0 Å². The fourth-order valence-corrected chi connectivity index (χ4v) is 2.22. The molecule has 2 N–H and O–H groups in total. The first kappa shape index (κ1) is 11.1. The third-order valence-electron chi connectivity index (χ3n) is 3.04. The third kappa shape index (κ3) is 2.57.